The summed E-state index contributed by atoms with van der Waals surface area (Å²) in [5.74, 6) is 0.571. The number of hydrogen-bond acceptors (Lipinski definition) is 2. The molecule has 0 spiro atoms. The van der Waals surface area contributed by atoms with Crippen molar-refractivity contribution in [3.05, 3.63) is 30.1 Å². The summed E-state index contributed by atoms with van der Waals surface area (Å²) in [6, 6.07) is 4.41. The first-order valence-electron chi connectivity index (χ1n) is 4.84. The summed E-state index contributed by atoms with van der Waals surface area (Å²) >= 11 is 0. The van der Waals surface area contributed by atoms with E-state index < -0.39 is 0 Å². The van der Waals surface area contributed by atoms with Crippen LogP contribution in [0.1, 0.15) is 25.8 Å². The largest absolute Gasteiger partial charge is 0.327 e. The molecule has 1 aromatic rings. The summed E-state index contributed by atoms with van der Waals surface area (Å²) in [6.45, 7) is 4.33. The molecule has 0 aliphatic heterocycles. The van der Waals surface area contributed by atoms with Crippen molar-refractivity contribution in [3.8, 4) is 0 Å². The first-order chi connectivity index (χ1) is 6.20. The van der Waals surface area contributed by atoms with Gasteiger partial charge >= 0.3 is 0 Å². The van der Waals surface area contributed by atoms with Crippen LogP contribution in [0.2, 0.25) is 0 Å². The van der Waals surface area contributed by atoms with Crippen LogP contribution >= 0.6 is 0 Å². The van der Waals surface area contributed by atoms with Gasteiger partial charge in [0.1, 0.15) is 0 Å². The van der Waals surface area contributed by atoms with Gasteiger partial charge in [0, 0.05) is 18.4 Å². The van der Waals surface area contributed by atoms with Crippen LogP contribution in [0.25, 0.3) is 0 Å². The fourth-order valence-electron chi connectivity index (χ4n) is 1.22. The topological polar surface area (TPSA) is 38.9 Å². The Hall–Kier alpha value is -0.890. The summed E-state index contributed by atoms with van der Waals surface area (Å²) in [7, 11) is 0. The molecule has 0 aliphatic rings. The first kappa shape index (κ1) is 10.2. The molecule has 1 unspecified atom stereocenters. The van der Waals surface area contributed by atoms with Gasteiger partial charge in [-0.25, -0.2) is 0 Å². The normalized spacial score (nSPS) is 13.2. The van der Waals surface area contributed by atoms with Gasteiger partial charge in [0.15, 0.2) is 0 Å². The van der Waals surface area contributed by atoms with E-state index in [0.717, 1.165) is 12.8 Å². The molecule has 2 N–H and O–H groups in total. The summed E-state index contributed by atoms with van der Waals surface area (Å²) in [5.41, 5.74) is 7.27. The molecule has 1 heterocycles. The van der Waals surface area contributed by atoms with Crippen molar-refractivity contribution in [2.45, 2.75) is 32.7 Å². The van der Waals surface area contributed by atoms with Crippen molar-refractivity contribution in [2.75, 3.05) is 0 Å². The Morgan fingerprint density at radius 2 is 1.92 bits per heavy atom. The minimum Gasteiger partial charge on any atom is -0.327 e. The highest BCUT2D eigenvalue weighted by molar-refractivity contribution is 5.09. The van der Waals surface area contributed by atoms with Gasteiger partial charge in [0.05, 0.1) is 0 Å². The number of rotatable bonds is 4. The predicted molar refractivity (Wildman–Crippen MR) is 55.4 cm³/mol. The van der Waals surface area contributed by atoms with Crippen LogP contribution < -0.4 is 5.73 Å². The molecule has 1 rings (SSSR count). The predicted octanol–water partition coefficient (Wildman–Crippen LogP) is 2.00. The van der Waals surface area contributed by atoms with Gasteiger partial charge in [-0.1, -0.05) is 13.8 Å². The molecule has 2 nitrogen and oxygen atoms in total. The van der Waals surface area contributed by atoms with Crippen molar-refractivity contribution in [1.29, 1.82) is 0 Å². The smallest absolute Gasteiger partial charge is 0.0270 e. The Morgan fingerprint density at radius 3 is 2.46 bits per heavy atom. The van der Waals surface area contributed by atoms with E-state index in [9.17, 15) is 0 Å². The molecule has 0 aromatic carbocycles. The van der Waals surface area contributed by atoms with Crippen molar-refractivity contribution in [3.63, 3.8) is 0 Å². The standard InChI is InChI=1S/C11H18N2/c1-9(2)11(12)4-3-10-5-7-13-8-6-10/h5-9,11H,3-4,12H2,1-2H3. The van der Waals surface area contributed by atoms with Crippen LogP contribution in [0.4, 0.5) is 0 Å². The van der Waals surface area contributed by atoms with E-state index in [2.05, 4.69) is 18.8 Å². The van der Waals surface area contributed by atoms with Gasteiger partial charge in [-0.2, -0.15) is 0 Å². The summed E-state index contributed by atoms with van der Waals surface area (Å²) < 4.78 is 0. The molecule has 0 saturated heterocycles. The SMILES string of the molecule is CC(C)C(N)CCc1ccncc1. The summed E-state index contributed by atoms with van der Waals surface area (Å²) in [4.78, 5) is 3.98. The number of hydrogen-bond donors (Lipinski definition) is 1. The van der Waals surface area contributed by atoms with E-state index in [1.807, 2.05) is 24.5 Å². The molecular weight excluding hydrogens is 160 g/mol. The maximum atomic E-state index is 5.95. The zero-order valence-corrected chi connectivity index (χ0v) is 8.40. The molecule has 72 valence electrons. The second-order valence-electron chi connectivity index (χ2n) is 3.80. The molecular formula is C11H18N2. The molecule has 13 heavy (non-hydrogen) atoms. The van der Waals surface area contributed by atoms with E-state index in [4.69, 9.17) is 5.73 Å². The first-order valence-corrected chi connectivity index (χ1v) is 4.84. The molecule has 0 saturated carbocycles. The number of aryl methyl sites for hydroxylation is 1. The molecule has 0 aliphatic carbocycles. The molecule has 1 aromatic heterocycles. The summed E-state index contributed by atoms with van der Waals surface area (Å²) in [5, 5.41) is 0. The molecule has 0 radical (unpaired) electrons. The number of pyridine rings is 1. The van der Waals surface area contributed by atoms with E-state index in [1.165, 1.54) is 5.56 Å². The van der Waals surface area contributed by atoms with E-state index in [1.54, 1.807) is 0 Å². The lowest BCUT2D eigenvalue weighted by Crippen LogP contribution is -2.26. The second-order valence-corrected chi connectivity index (χ2v) is 3.80. The van der Waals surface area contributed by atoms with Gasteiger partial charge < -0.3 is 5.73 Å². The van der Waals surface area contributed by atoms with Gasteiger partial charge in [-0.15, -0.1) is 0 Å². The van der Waals surface area contributed by atoms with Crippen LogP contribution in [0.3, 0.4) is 0 Å². The van der Waals surface area contributed by atoms with Crippen LogP contribution in [0, 0.1) is 5.92 Å². The third-order valence-corrected chi connectivity index (χ3v) is 2.37. The van der Waals surface area contributed by atoms with Gasteiger partial charge in [-0.3, -0.25) is 4.98 Å². The quantitative estimate of drug-likeness (QED) is 0.766. The highest BCUT2D eigenvalue weighted by atomic mass is 14.6. The lowest BCUT2D eigenvalue weighted by molar-refractivity contribution is 0.464. The maximum Gasteiger partial charge on any atom is 0.0270 e. The Kier molecular flexibility index (Phi) is 3.90. The third-order valence-electron chi connectivity index (χ3n) is 2.37. The minimum absolute atomic E-state index is 0.313. The van der Waals surface area contributed by atoms with E-state index in [0.29, 0.717) is 12.0 Å². The summed E-state index contributed by atoms with van der Waals surface area (Å²) in [6.07, 6.45) is 5.77. The van der Waals surface area contributed by atoms with Crippen molar-refractivity contribution in [2.24, 2.45) is 11.7 Å². The van der Waals surface area contributed by atoms with Gasteiger partial charge in [0.25, 0.3) is 0 Å². The number of nitrogens with zero attached hydrogens (tertiary/aromatic N) is 1. The molecule has 1 atom stereocenters. The van der Waals surface area contributed by atoms with Crippen molar-refractivity contribution in [1.82, 2.24) is 4.98 Å². The van der Waals surface area contributed by atoms with Crippen LogP contribution in [0.15, 0.2) is 24.5 Å². The zero-order valence-electron chi connectivity index (χ0n) is 8.40. The Bertz CT molecular complexity index is 231. The van der Waals surface area contributed by atoms with Crippen molar-refractivity contribution >= 4 is 0 Å². The van der Waals surface area contributed by atoms with Crippen LogP contribution in [-0.2, 0) is 6.42 Å². The van der Waals surface area contributed by atoms with Crippen molar-refractivity contribution < 1.29 is 0 Å². The number of aromatic nitrogens is 1. The van der Waals surface area contributed by atoms with Gasteiger partial charge in [-0.05, 0) is 36.5 Å². The maximum absolute atomic E-state index is 5.95. The van der Waals surface area contributed by atoms with Crippen LogP contribution in [-0.4, -0.2) is 11.0 Å². The van der Waals surface area contributed by atoms with E-state index >= 15 is 0 Å². The molecule has 0 amide bonds. The fraction of sp³-hybridized carbons (Fsp3) is 0.545. The highest BCUT2D eigenvalue weighted by Crippen LogP contribution is 2.08. The van der Waals surface area contributed by atoms with Crippen LogP contribution in [0.5, 0.6) is 0 Å². The Morgan fingerprint density at radius 1 is 1.31 bits per heavy atom. The number of nitrogens with two attached hydrogens (primary N) is 1. The molecule has 2 heteroatoms. The minimum atomic E-state index is 0.313. The Labute approximate surface area is 80.2 Å². The molecule has 0 fully saturated rings. The lowest BCUT2D eigenvalue weighted by atomic mass is 9.98. The van der Waals surface area contributed by atoms with Gasteiger partial charge in [0.2, 0.25) is 0 Å². The molecule has 0 bridgehead atoms. The zero-order chi connectivity index (χ0) is 9.68. The second kappa shape index (κ2) is 4.97. The monoisotopic (exact) mass is 178 g/mol. The fourth-order valence-corrected chi connectivity index (χ4v) is 1.22. The van der Waals surface area contributed by atoms with E-state index in [-0.39, 0.29) is 0 Å². The average molecular weight is 178 g/mol. The average Bonchev–Trinajstić information content (AvgIpc) is 2.15. The third kappa shape index (κ3) is 3.55. The Balaban J connectivity index is 2.35. The highest BCUT2D eigenvalue weighted by Gasteiger charge is 2.06. The lowest BCUT2D eigenvalue weighted by Gasteiger charge is -2.14.